The van der Waals surface area contributed by atoms with Crippen molar-refractivity contribution >= 4 is 37.5 Å². The Bertz CT molecular complexity index is 1260. The summed E-state index contributed by atoms with van der Waals surface area (Å²) in [7, 11) is -0.589. The molecule has 3 rings (SSSR count). The number of carbonyl (C=O) groups is 1. The lowest BCUT2D eigenvalue weighted by atomic mass is 10.1. The van der Waals surface area contributed by atoms with E-state index < -0.39 is 16.0 Å². The lowest BCUT2D eigenvalue weighted by molar-refractivity contribution is 0.0605. The Morgan fingerprint density at radius 3 is 2.53 bits per heavy atom. The number of H-pyrrole nitrogens is 1. The second kappa shape index (κ2) is 8.26. The Balaban J connectivity index is 1.86. The minimum Gasteiger partial charge on any atom is -0.465 e. The first kappa shape index (κ1) is 22.1. The molecule has 0 fully saturated rings. The highest BCUT2D eigenvalue weighted by atomic mass is 32.2. The second-order valence-corrected chi connectivity index (χ2v) is 9.51. The average Bonchev–Trinajstić information content (AvgIpc) is 3.03. The number of esters is 1. The quantitative estimate of drug-likeness (QED) is 0.548. The molecule has 2 aromatic heterocycles. The zero-order valence-corrected chi connectivity index (χ0v) is 18.6. The molecule has 0 saturated heterocycles. The van der Waals surface area contributed by atoms with E-state index >= 15 is 0 Å². The van der Waals surface area contributed by atoms with Gasteiger partial charge < -0.3 is 9.72 Å². The number of aromatic amines is 1. The molecule has 1 unspecified atom stereocenters. The highest BCUT2D eigenvalue weighted by molar-refractivity contribution is 7.89. The van der Waals surface area contributed by atoms with Crippen LogP contribution in [0.2, 0.25) is 0 Å². The molecule has 0 aliphatic heterocycles. The number of benzene rings is 1. The summed E-state index contributed by atoms with van der Waals surface area (Å²) in [6.07, 6.45) is 0. The molecule has 11 heteroatoms. The molecule has 30 heavy (non-hydrogen) atoms. The van der Waals surface area contributed by atoms with Crippen molar-refractivity contribution in [3.63, 3.8) is 0 Å². The van der Waals surface area contributed by atoms with Gasteiger partial charge in [-0.25, -0.2) is 23.3 Å². The summed E-state index contributed by atoms with van der Waals surface area (Å²) in [5.41, 5.74) is 1.13. The lowest BCUT2D eigenvalue weighted by Crippen LogP contribution is -2.25. The van der Waals surface area contributed by atoms with Crippen molar-refractivity contribution in [2.75, 3.05) is 14.2 Å². The van der Waals surface area contributed by atoms with Gasteiger partial charge in [-0.3, -0.25) is 9.69 Å². The molecule has 0 aliphatic carbocycles. The number of thiophene rings is 1. The van der Waals surface area contributed by atoms with Gasteiger partial charge in [-0.15, -0.1) is 11.3 Å². The van der Waals surface area contributed by atoms with E-state index in [0.29, 0.717) is 33.0 Å². The molecule has 0 bridgehead atoms. The zero-order chi connectivity index (χ0) is 22.2. The van der Waals surface area contributed by atoms with Gasteiger partial charge in [0.15, 0.2) is 0 Å². The maximum Gasteiger partial charge on any atom is 0.348 e. The van der Waals surface area contributed by atoms with Crippen molar-refractivity contribution in [1.82, 2.24) is 14.9 Å². The summed E-state index contributed by atoms with van der Waals surface area (Å²) < 4.78 is 27.6. The van der Waals surface area contributed by atoms with Crippen molar-refractivity contribution in [2.24, 2.45) is 5.14 Å². The van der Waals surface area contributed by atoms with Crippen LogP contribution in [0, 0.1) is 6.92 Å². The van der Waals surface area contributed by atoms with E-state index in [2.05, 4.69) is 9.97 Å². The Kier molecular flexibility index (Phi) is 6.09. The van der Waals surface area contributed by atoms with Crippen LogP contribution >= 0.6 is 11.3 Å². The molecule has 9 nitrogen and oxygen atoms in total. The van der Waals surface area contributed by atoms with Crippen LogP contribution in [0.4, 0.5) is 0 Å². The van der Waals surface area contributed by atoms with Crippen molar-refractivity contribution in [3.8, 4) is 0 Å². The van der Waals surface area contributed by atoms with Gasteiger partial charge in [0.05, 0.1) is 23.9 Å². The number of primary sulfonamides is 1. The SMILES string of the molecule is COC(=O)c1sc2nc(CN(C)C(C)c3ccc(S(N)(=O)=O)cc3)[nH]c(=O)c2c1C. The van der Waals surface area contributed by atoms with Gasteiger partial charge in [0.25, 0.3) is 5.56 Å². The summed E-state index contributed by atoms with van der Waals surface area (Å²) in [4.78, 5) is 34.6. The molecule has 0 saturated carbocycles. The number of methoxy groups -OCH3 is 1. The predicted molar refractivity (Wildman–Crippen MR) is 114 cm³/mol. The van der Waals surface area contributed by atoms with E-state index in [9.17, 15) is 18.0 Å². The minimum atomic E-state index is -3.74. The molecule has 1 aromatic carbocycles. The van der Waals surface area contributed by atoms with Gasteiger partial charge in [-0.05, 0) is 44.2 Å². The molecule has 0 aliphatic rings. The van der Waals surface area contributed by atoms with E-state index in [1.54, 1.807) is 19.1 Å². The second-order valence-electron chi connectivity index (χ2n) is 6.95. The Morgan fingerprint density at radius 2 is 1.97 bits per heavy atom. The number of hydrogen-bond acceptors (Lipinski definition) is 8. The Morgan fingerprint density at radius 1 is 1.33 bits per heavy atom. The number of aryl methyl sites for hydroxylation is 1. The molecular formula is C19H22N4O5S2. The fourth-order valence-electron chi connectivity index (χ4n) is 3.11. The number of rotatable bonds is 6. The van der Waals surface area contributed by atoms with E-state index in [0.717, 1.165) is 16.9 Å². The van der Waals surface area contributed by atoms with Gasteiger partial charge in [-0.1, -0.05) is 12.1 Å². The predicted octanol–water partition coefficient (Wildman–Crippen LogP) is 1.92. The van der Waals surface area contributed by atoms with Crippen molar-refractivity contribution < 1.29 is 17.9 Å². The number of nitrogens with two attached hydrogens (primary N) is 1. The van der Waals surface area contributed by atoms with E-state index in [1.807, 2.05) is 18.9 Å². The molecule has 160 valence electrons. The normalized spacial score (nSPS) is 13.0. The number of ether oxygens (including phenoxy) is 1. The molecule has 0 spiro atoms. The van der Waals surface area contributed by atoms with Crippen LogP contribution in [0.15, 0.2) is 34.0 Å². The smallest absolute Gasteiger partial charge is 0.348 e. The number of sulfonamides is 1. The topological polar surface area (TPSA) is 135 Å². The fraction of sp³-hybridized carbons (Fsp3) is 0.316. The average molecular weight is 451 g/mol. The summed E-state index contributed by atoms with van der Waals surface area (Å²) in [6, 6.07) is 6.24. The van der Waals surface area contributed by atoms with Crippen LogP contribution in [0.25, 0.3) is 10.2 Å². The highest BCUT2D eigenvalue weighted by Crippen LogP contribution is 2.28. The Labute approximate surface area is 177 Å². The van der Waals surface area contributed by atoms with Crippen LogP contribution in [-0.4, -0.2) is 43.4 Å². The summed E-state index contributed by atoms with van der Waals surface area (Å²) >= 11 is 1.13. The number of nitrogens with one attached hydrogen (secondary N) is 1. The largest absolute Gasteiger partial charge is 0.465 e. The van der Waals surface area contributed by atoms with Crippen LogP contribution < -0.4 is 10.7 Å². The number of aromatic nitrogens is 2. The van der Waals surface area contributed by atoms with Crippen molar-refractivity contribution in [1.29, 1.82) is 0 Å². The molecule has 3 N–H and O–H groups in total. The van der Waals surface area contributed by atoms with Crippen LogP contribution in [-0.2, 0) is 21.3 Å². The highest BCUT2D eigenvalue weighted by Gasteiger charge is 2.21. The number of nitrogens with zero attached hydrogens (tertiary/aromatic N) is 2. The third-order valence-corrected chi connectivity index (χ3v) is 7.07. The fourth-order valence-corrected chi connectivity index (χ4v) is 4.75. The van der Waals surface area contributed by atoms with E-state index in [-0.39, 0.29) is 16.5 Å². The van der Waals surface area contributed by atoms with Gasteiger partial charge in [-0.2, -0.15) is 0 Å². The van der Waals surface area contributed by atoms with E-state index in [1.165, 1.54) is 19.2 Å². The maximum atomic E-state index is 12.6. The van der Waals surface area contributed by atoms with Crippen molar-refractivity contribution in [3.05, 3.63) is 56.4 Å². The first-order chi connectivity index (χ1) is 14.0. The summed E-state index contributed by atoms with van der Waals surface area (Å²) in [5, 5.41) is 5.52. The minimum absolute atomic E-state index is 0.0482. The third kappa shape index (κ3) is 4.29. The standard InChI is InChI=1S/C19H22N4O5S2/c1-10-15-17(24)21-14(22-18(15)29-16(10)19(25)28-4)9-23(3)11(2)12-5-7-13(8-6-12)30(20,26)27/h5-8,11H,9H2,1-4H3,(H2,20,26,27)(H,21,22,24). The van der Waals surface area contributed by atoms with Crippen LogP contribution in [0.3, 0.4) is 0 Å². The number of fused-ring (bicyclic) bond motifs is 1. The third-order valence-electron chi connectivity index (χ3n) is 4.97. The van der Waals surface area contributed by atoms with Gasteiger partial charge in [0.2, 0.25) is 10.0 Å². The zero-order valence-electron chi connectivity index (χ0n) is 16.9. The van der Waals surface area contributed by atoms with E-state index in [4.69, 9.17) is 9.88 Å². The molecular weight excluding hydrogens is 428 g/mol. The molecule has 1 atom stereocenters. The van der Waals surface area contributed by atoms with Gasteiger partial charge in [0, 0.05) is 6.04 Å². The molecule has 2 heterocycles. The summed E-state index contributed by atoms with van der Waals surface area (Å²) in [5.74, 6) is -0.0363. The number of carbonyl (C=O) groups excluding carboxylic acids is 1. The first-order valence-electron chi connectivity index (χ1n) is 8.96. The lowest BCUT2D eigenvalue weighted by Gasteiger charge is -2.24. The van der Waals surface area contributed by atoms with Gasteiger partial charge >= 0.3 is 5.97 Å². The molecule has 0 radical (unpaired) electrons. The summed E-state index contributed by atoms with van der Waals surface area (Å²) in [6.45, 7) is 3.99. The first-order valence-corrected chi connectivity index (χ1v) is 11.3. The van der Waals surface area contributed by atoms with Crippen molar-refractivity contribution in [2.45, 2.75) is 31.3 Å². The monoisotopic (exact) mass is 450 g/mol. The molecule has 0 amide bonds. The molecule has 3 aromatic rings. The van der Waals surface area contributed by atoms with Crippen LogP contribution in [0.5, 0.6) is 0 Å². The number of hydrogen-bond donors (Lipinski definition) is 2. The Hall–Kier alpha value is -2.60. The maximum absolute atomic E-state index is 12.6. The van der Waals surface area contributed by atoms with Gasteiger partial charge in [0.1, 0.15) is 15.5 Å². The van der Waals surface area contributed by atoms with Crippen LogP contribution in [0.1, 0.15) is 39.6 Å².